The second-order valence-electron chi connectivity index (χ2n) is 5.79. The molecule has 0 aliphatic carbocycles. The SMILES string of the molecule is Cc1cccc(S(=O)(=O)N(Cc2cccc(Br)c2)c2ccccc2)c1. The van der Waals surface area contributed by atoms with E-state index in [1.54, 1.807) is 18.2 Å². The molecular weight excluding hydrogens is 398 g/mol. The molecule has 0 N–H and O–H groups in total. The fourth-order valence-corrected chi connectivity index (χ4v) is 4.62. The zero-order chi connectivity index (χ0) is 17.9. The van der Waals surface area contributed by atoms with Crippen LogP contribution in [0.5, 0.6) is 0 Å². The van der Waals surface area contributed by atoms with Gasteiger partial charge in [-0.2, -0.15) is 0 Å². The molecule has 3 rings (SSSR count). The number of nitrogens with zero attached hydrogens (tertiary/aromatic N) is 1. The zero-order valence-corrected chi connectivity index (χ0v) is 16.2. The lowest BCUT2D eigenvalue weighted by Gasteiger charge is -2.25. The number of para-hydroxylation sites is 1. The summed E-state index contributed by atoms with van der Waals surface area (Å²) in [5.41, 5.74) is 2.47. The van der Waals surface area contributed by atoms with E-state index >= 15 is 0 Å². The standard InChI is InChI=1S/C20H18BrNO2S/c1-16-7-5-12-20(13-16)25(23,24)22(19-10-3-2-4-11-19)15-17-8-6-9-18(21)14-17/h2-14H,15H2,1H3. The second kappa shape index (κ2) is 7.42. The zero-order valence-electron chi connectivity index (χ0n) is 13.8. The fraction of sp³-hybridized carbons (Fsp3) is 0.100. The maximum absolute atomic E-state index is 13.3. The second-order valence-corrected chi connectivity index (χ2v) is 8.57. The first-order chi connectivity index (χ1) is 12.0. The molecule has 3 aromatic rings. The normalized spacial score (nSPS) is 11.3. The van der Waals surface area contributed by atoms with Gasteiger partial charge in [0.25, 0.3) is 10.0 Å². The van der Waals surface area contributed by atoms with Gasteiger partial charge in [0.15, 0.2) is 0 Å². The lowest BCUT2D eigenvalue weighted by atomic mass is 10.2. The highest BCUT2D eigenvalue weighted by atomic mass is 79.9. The number of sulfonamides is 1. The summed E-state index contributed by atoms with van der Waals surface area (Å²) in [5, 5.41) is 0. The van der Waals surface area contributed by atoms with Crippen LogP contribution in [0.3, 0.4) is 0 Å². The van der Waals surface area contributed by atoms with Crippen LogP contribution >= 0.6 is 15.9 Å². The van der Waals surface area contributed by atoms with Crippen molar-refractivity contribution in [3.63, 3.8) is 0 Å². The van der Waals surface area contributed by atoms with E-state index in [9.17, 15) is 8.42 Å². The summed E-state index contributed by atoms with van der Waals surface area (Å²) >= 11 is 3.45. The first-order valence-electron chi connectivity index (χ1n) is 7.86. The molecule has 128 valence electrons. The Kier molecular flexibility index (Phi) is 5.25. The van der Waals surface area contributed by atoms with Crippen molar-refractivity contribution < 1.29 is 8.42 Å². The highest BCUT2D eigenvalue weighted by Crippen LogP contribution is 2.27. The minimum atomic E-state index is -3.67. The highest BCUT2D eigenvalue weighted by Gasteiger charge is 2.25. The van der Waals surface area contributed by atoms with Crippen LogP contribution in [0, 0.1) is 6.92 Å². The van der Waals surface area contributed by atoms with Crippen LogP contribution < -0.4 is 4.31 Å². The Hall–Kier alpha value is -2.11. The average molecular weight is 416 g/mol. The van der Waals surface area contributed by atoms with E-state index in [0.717, 1.165) is 15.6 Å². The molecule has 0 unspecified atom stereocenters. The Balaban J connectivity index is 2.08. The van der Waals surface area contributed by atoms with Crippen molar-refractivity contribution in [3.8, 4) is 0 Å². The number of halogens is 1. The van der Waals surface area contributed by atoms with Gasteiger partial charge in [-0.05, 0) is 54.4 Å². The molecule has 0 aliphatic heterocycles. The molecule has 0 amide bonds. The van der Waals surface area contributed by atoms with Crippen LogP contribution in [0.15, 0.2) is 88.2 Å². The fourth-order valence-electron chi connectivity index (χ4n) is 2.61. The first-order valence-corrected chi connectivity index (χ1v) is 10.1. The largest absolute Gasteiger partial charge is 0.264 e. The summed E-state index contributed by atoms with van der Waals surface area (Å²) in [4.78, 5) is 0.298. The summed E-state index contributed by atoms with van der Waals surface area (Å²) in [7, 11) is -3.67. The van der Waals surface area contributed by atoms with Crippen LogP contribution in [-0.2, 0) is 16.6 Å². The molecule has 3 aromatic carbocycles. The molecule has 0 spiro atoms. The lowest BCUT2D eigenvalue weighted by Crippen LogP contribution is -2.30. The Morgan fingerprint density at radius 2 is 1.60 bits per heavy atom. The monoisotopic (exact) mass is 415 g/mol. The number of hydrogen-bond donors (Lipinski definition) is 0. The van der Waals surface area contributed by atoms with Crippen LogP contribution in [0.25, 0.3) is 0 Å². The minimum absolute atomic E-state index is 0.264. The van der Waals surface area contributed by atoms with Gasteiger partial charge in [0, 0.05) is 4.47 Å². The summed E-state index contributed by atoms with van der Waals surface area (Å²) in [6, 6.07) is 23.9. The van der Waals surface area contributed by atoms with Crippen molar-refractivity contribution in [1.29, 1.82) is 0 Å². The average Bonchev–Trinajstić information content (AvgIpc) is 2.60. The number of rotatable bonds is 5. The maximum Gasteiger partial charge on any atom is 0.264 e. The number of anilines is 1. The van der Waals surface area contributed by atoms with Crippen LogP contribution in [-0.4, -0.2) is 8.42 Å². The van der Waals surface area contributed by atoms with Crippen molar-refractivity contribution in [2.45, 2.75) is 18.4 Å². The molecule has 25 heavy (non-hydrogen) atoms. The molecule has 0 aromatic heterocycles. The minimum Gasteiger partial charge on any atom is -0.262 e. The Morgan fingerprint density at radius 3 is 2.28 bits per heavy atom. The van der Waals surface area contributed by atoms with Gasteiger partial charge in [-0.15, -0.1) is 0 Å². The van der Waals surface area contributed by atoms with Crippen molar-refractivity contribution >= 4 is 31.6 Å². The Morgan fingerprint density at radius 1 is 0.880 bits per heavy atom. The molecule has 0 bridgehead atoms. The van der Waals surface area contributed by atoms with Crippen molar-refractivity contribution in [1.82, 2.24) is 0 Å². The van der Waals surface area contributed by atoms with Crippen LogP contribution in [0.2, 0.25) is 0 Å². The number of hydrogen-bond acceptors (Lipinski definition) is 2. The lowest BCUT2D eigenvalue weighted by molar-refractivity contribution is 0.590. The summed E-state index contributed by atoms with van der Waals surface area (Å²) in [6.45, 7) is 2.15. The van der Waals surface area contributed by atoms with E-state index in [1.807, 2.05) is 67.6 Å². The summed E-state index contributed by atoms with van der Waals surface area (Å²) in [5.74, 6) is 0. The molecule has 5 heteroatoms. The van der Waals surface area contributed by atoms with Crippen molar-refractivity contribution in [2.24, 2.45) is 0 Å². The molecule has 3 nitrogen and oxygen atoms in total. The van der Waals surface area contributed by atoms with E-state index in [4.69, 9.17) is 0 Å². The van der Waals surface area contributed by atoms with E-state index in [2.05, 4.69) is 15.9 Å². The van der Waals surface area contributed by atoms with Gasteiger partial charge >= 0.3 is 0 Å². The quantitative estimate of drug-likeness (QED) is 0.577. The molecule has 0 heterocycles. The van der Waals surface area contributed by atoms with Crippen molar-refractivity contribution in [3.05, 3.63) is 94.5 Å². The predicted molar refractivity (Wildman–Crippen MR) is 105 cm³/mol. The molecule has 0 atom stereocenters. The van der Waals surface area contributed by atoms with Gasteiger partial charge in [-0.3, -0.25) is 4.31 Å². The molecular formula is C20H18BrNO2S. The Bertz CT molecular complexity index is 972. The highest BCUT2D eigenvalue weighted by molar-refractivity contribution is 9.10. The van der Waals surface area contributed by atoms with Crippen LogP contribution in [0.1, 0.15) is 11.1 Å². The van der Waals surface area contributed by atoms with Gasteiger partial charge in [0.2, 0.25) is 0 Å². The number of aryl methyl sites for hydroxylation is 1. The van der Waals surface area contributed by atoms with Gasteiger partial charge < -0.3 is 0 Å². The van der Waals surface area contributed by atoms with Crippen molar-refractivity contribution in [2.75, 3.05) is 4.31 Å². The summed E-state index contributed by atoms with van der Waals surface area (Å²) < 4.78 is 28.9. The molecule has 0 saturated heterocycles. The molecule has 0 fully saturated rings. The van der Waals surface area contributed by atoms with Gasteiger partial charge in [-0.1, -0.05) is 58.4 Å². The third-order valence-corrected chi connectivity index (χ3v) is 6.10. The molecule has 0 radical (unpaired) electrons. The van der Waals surface area contributed by atoms with Crippen LogP contribution in [0.4, 0.5) is 5.69 Å². The smallest absolute Gasteiger partial charge is 0.262 e. The summed E-state index contributed by atoms with van der Waals surface area (Å²) in [6.07, 6.45) is 0. The van der Waals surface area contributed by atoms with Gasteiger partial charge in [0.05, 0.1) is 17.1 Å². The third-order valence-electron chi connectivity index (χ3n) is 3.84. The topological polar surface area (TPSA) is 37.4 Å². The number of benzene rings is 3. The third kappa shape index (κ3) is 4.11. The first kappa shape index (κ1) is 17.7. The van der Waals surface area contributed by atoms with E-state index < -0.39 is 10.0 Å². The molecule has 0 saturated carbocycles. The van der Waals surface area contributed by atoms with E-state index in [0.29, 0.717) is 10.6 Å². The molecule has 0 aliphatic rings. The van der Waals surface area contributed by atoms with E-state index in [1.165, 1.54) is 4.31 Å². The van der Waals surface area contributed by atoms with E-state index in [-0.39, 0.29) is 6.54 Å². The predicted octanol–water partition coefficient (Wildman–Crippen LogP) is 5.15. The Labute approximate surface area is 157 Å². The van der Waals surface area contributed by atoms with Gasteiger partial charge in [-0.25, -0.2) is 8.42 Å². The van der Waals surface area contributed by atoms with Gasteiger partial charge in [0.1, 0.15) is 0 Å². The maximum atomic E-state index is 13.3.